The molecule has 0 aliphatic rings. The van der Waals surface area contributed by atoms with Gasteiger partial charge in [0.1, 0.15) is 14.3 Å². The molecule has 0 saturated heterocycles. The van der Waals surface area contributed by atoms with Crippen LogP contribution in [0, 0.1) is 16.7 Å². The Kier molecular flexibility index (Phi) is 4.58. The van der Waals surface area contributed by atoms with E-state index >= 15 is 0 Å². The monoisotopic (exact) mass is 312 g/mol. The van der Waals surface area contributed by atoms with Crippen molar-refractivity contribution in [3.63, 3.8) is 0 Å². The van der Waals surface area contributed by atoms with Crippen molar-refractivity contribution >= 4 is 14.0 Å². The highest BCUT2D eigenvalue weighted by atomic mass is 28.3. The van der Waals surface area contributed by atoms with Gasteiger partial charge in [-0.2, -0.15) is 4.73 Å². The number of hydrogen-bond acceptors (Lipinski definition) is 4. The Bertz CT molecular complexity index is 743. The molecule has 6 heteroatoms. The normalized spacial score (nSPS) is 10.5. The molecule has 2 aromatic rings. The van der Waals surface area contributed by atoms with E-state index in [1.165, 1.54) is 6.20 Å². The van der Waals surface area contributed by atoms with Crippen LogP contribution in [0.15, 0.2) is 42.7 Å². The number of carbonyl (C=O) groups excluding carboxylic acids is 1. The molecule has 0 spiro atoms. The molecule has 1 aromatic carbocycles. The van der Waals surface area contributed by atoms with Crippen LogP contribution in [-0.4, -0.2) is 19.0 Å². The average Bonchev–Trinajstić information content (AvgIpc) is 2.46. The summed E-state index contributed by atoms with van der Waals surface area (Å²) in [5.41, 5.74) is 3.72. The standard InChI is InChI=1S/C16H16N2O3Si/c1-22(2,3)10-9-14-11-17-15(12-18(14)20)21-16(19)13-7-5-4-6-8-13/h4-8,11-12H,1-3H3. The summed E-state index contributed by atoms with van der Waals surface area (Å²) in [6, 6.07) is 8.51. The third-order valence-electron chi connectivity index (χ3n) is 2.55. The zero-order chi connectivity index (χ0) is 16.2. The van der Waals surface area contributed by atoms with Gasteiger partial charge in [0.2, 0.25) is 6.20 Å². The van der Waals surface area contributed by atoms with E-state index in [0.29, 0.717) is 10.3 Å². The molecule has 0 atom stereocenters. The predicted octanol–water partition coefficient (Wildman–Crippen LogP) is 2.16. The number of carbonyl (C=O) groups is 1. The second-order valence-corrected chi connectivity index (χ2v) is 10.4. The van der Waals surface area contributed by atoms with Crippen LogP contribution in [0.4, 0.5) is 0 Å². The Morgan fingerprint density at radius 3 is 2.55 bits per heavy atom. The van der Waals surface area contributed by atoms with Gasteiger partial charge in [0.05, 0.1) is 5.56 Å². The number of nitrogens with zero attached hydrogens (tertiary/aromatic N) is 2. The smallest absolute Gasteiger partial charge is 0.345 e. The summed E-state index contributed by atoms with van der Waals surface area (Å²) < 4.78 is 5.63. The molecule has 0 fully saturated rings. The lowest BCUT2D eigenvalue weighted by molar-refractivity contribution is -0.609. The van der Waals surface area contributed by atoms with Crippen LogP contribution in [0.25, 0.3) is 0 Å². The third-order valence-corrected chi connectivity index (χ3v) is 3.43. The Labute approximate surface area is 130 Å². The largest absolute Gasteiger partial charge is 0.618 e. The maximum atomic E-state index is 11.9. The van der Waals surface area contributed by atoms with E-state index in [2.05, 4.69) is 36.1 Å². The van der Waals surface area contributed by atoms with Gasteiger partial charge in [0.25, 0.3) is 11.6 Å². The highest BCUT2D eigenvalue weighted by molar-refractivity contribution is 6.83. The first-order valence-electron chi connectivity index (χ1n) is 6.75. The van der Waals surface area contributed by atoms with E-state index in [9.17, 15) is 10.0 Å². The van der Waals surface area contributed by atoms with Gasteiger partial charge in [0.15, 0.2) is 0 Å². The van der Waals surface area contributed by atoms with Gasteiger partial charge in [-0.15, -0.1) is 5.54 Å². The molecule has 0 radical (unpaired) electrons. The first-order chi connectivity index (χ1) is 10.3. The Balaban J connectivity index is 2.16. The fourth-order valence-electron chi connectivity index (χ4n) is 1.50. The maximum absolute atomic E-state index is 11.9. The van der Waals surface area contributed by atoms with Crippen molar-refractivity contribution in [1.82, 2.24) is 4.98 Å². The predicted molar refractivity (Wildman–Crippen MR) is 84.8 cm³/mol. The summed E-state index contributed by atoms with van der Waals surface area (Å²) in [4.78, 5) is 15.8. The molecule has 1 aromatic heterocycles. The minimum Gasteiger partial charge on any atom is -0.618 e. The fourth-order valence-corrected chi connectivity index (χ4v) is 2.01. The molecule has 0 bridgehead atoms. The van der Waals surface area contributed by atoms with E-state index in [4.69, 9.17) is 4.74 Å². The van der Waals surface area contributed by atoms with Crippen molar-refractivity contribution in [3.8, 4) is 17.3 Å². The van der Waals surface area contributed by atoms with Crippen LogP contribution in [0.5, 0.6) is 5.88 Å². The van der Waals surface area contributed by atoms with Crippen molar-refractivity contribution in [2.75, 3.05) is 0 Å². The highest BCUT2D eigenvalue weighted by Crippen LogP contribution is 2.07. The number of esters is 1. The van der Waals surface area contributed by atoms with Crippen LogP contribution >= 0.6 is 0 Å². The lowest BCUT2D eigenvalue weighted by Gasteiger charge is -2.05. The van der Waals surface area contributed by atoms with Gasteiger partial charge in [-0.1, -0.05) is 37.8 Å². The van der Waals surface area contributed by atoms with E-state index in [0.717, 1.165) is 6.20 Å². The molecule has 0 aliphatic heterocycles. The lowest BCUT2D eigenvalue weighted by Crippen LogP contribution is -2.31. The second-order valence-electron chi connectivity index (χ2n) is 5.69. The van der Waals surface area contributed by atoms with E-state index in [1.54, 1.807) is 30.3 Å². The molecule has 22 heavy (non-hydrogen) atoms. The average molecular weight is 312 g/mol. The fraction of sp³-hybridized carbons (Fsp3) is 0.188. The first kappa shape index (κ1) is 15.7. The molecular weight excluding hydrogens is 296 g/mol. The van der Waals surface area contributed by atoms with Crippen molar-refractivity contribution < 1.29 is 14.3 Å². The van der Waals surface area contributed by atoms with E-state index in [1.807, 2.05) is 0 Å². The Hall–Kier alpha value is -2.65. The molecule has 5 nitrogen and oxygen atoms in total. The minimum atomic E-state index is -1.57. The van der Waals surface area contributed by atoms with Crippen molar-refractivity contribution in [2.24, 2.45) is 0 Å². The summed E-state index contributed by atoms with van der Waals surface area (Å²) in [5.74, 6) is 2.21. The Morgan fingerprint density at radius 1 is 1.27 bits per heavy atom. The SMILES string of the molecule is C[Si](C)(C)C#Cc1cnc(OC(=O)c2ccccc2)c[n+]1[O-]. The summed E-state index contributed by atoms with van der Waals surface area (Å²) >= 11 is 0. The molecule has 112 valence electrons. The van der Waals surface area contributed by atoms with E-state index < -0.39 is 14.0 Å². The van der Waals surface area contributed by atoms with Crippen LogP contribution < -0.4 is 9.47 Å². The molecule has 0 N–H and O–H groups in total. The zero-order valence-corrected chi connectivity index (χ0v) is 13.7. The van der Waals surface area contributed by atoms with E-state index in [-0.39, 0.29) is 11.6 Å². The third kappa shape index (κ3) is 4.43. The molecule has 1 heterocycles. The van der Waals surface area contributed by atoms with Gasteiger partial charge in [0, 0.05) is 0 Å². The summed E-state index contributed by atoms with van der Waals surface area (Å²) in [5, 5.41) is 11.9. The van der Waals surface area contributed by atoms with Gasteiger partial charge in [-0.3, -0.25) is 0 Å². The summed E-state index contributed by atoms with van der Waals surface area (Å²) in [6.07, 6.45) is 2.42. The molecule has 0 unspecified atom stereocenters. The number of hydrogen-bond donors (Lipinski definition) is 0. The zero-order valence-electron chi connectivity index (χ0n) is 12.7. The van der Waals surface area contributed by atoms with Crippen LogP contribution in [-0.2, 0) is 0 Å². The number of aromatic nitrogens is 2. The second kappa shape index (κ2) is 6.41. The van der Waals surface area contributed by atoms with Gasteiger partial charge < -0.3 is 9.94 Å². The maximum Gasteiger partial charge on any atom is 0.345 e. The number of benzene rings is 1. The van der Waals surface area contributed by atoms with Crippen molar-refractivity contribution in [1.29, 1.82) is 0 Å². The minimum absolute atomic E-state index is 0.0533. The molecule has 0 amide bonds. The summed E-state index contributed by atoms with van der Waals surface area (Å²) in [7, 11) is -1.57. The van der Waals surface area contributed by atoms with Crippen molar-refractivity contribution in [3.05, 3.63) is 59.2 Å². The quantitative estimate of drug-likeness (QED) is 0.280. The van der Waals surface area contributed by atoms with Gasteiger partial charge >= 0.3 is 5.97 Å². The lowest BCUT2D eigenvalue weighted by atomic mass is 10.2. The Morgan fingerprint density at radius 2 is 1.95 bits per heavy atom. The molecule has 0 saturated carbocycles. The summed E-state index contributed by atoms with van der Waals surface area (Å²) in [6.45, 7) is 6.25. The van der Waals surface area contributed by atoms with Gasteiger partial charge in [-0.25, -0.2) is 9.78 Å². The van der Waals surface area contributed by atoms with Crippen molar-refractivity contribution in [2.45, 2.75) is 19.6 Å². The topological polar surface area (TPSA) is 66.1 Å². The molecule has 2 rings (SSSR count). The van der Waals surface area contributed by atoms with Crippen LogP contribution in [0.2, 0.25) is 19.6 Å². The van der Waals surface area contributed by atoms with Crippen LogP contribution in [0.1, 0.15) is 16.1 Å². The molecule has 0 aliphatic carbocycles. The highest BCUT2D eigenvalue weighted by Gasteiger charge is 2.14. The first-order valence-corrected chi connectivity index (χ1v) is 10.2. The molecular formula is C16H16N2O3Si. The van der Waals surface area contributed by atoms with Gasteiger partial charge in [-0.05, 0) is 18.1 Å². The van der Waals surface area contributed by atoms with Crippen LogP contribution in [0.3, 0.4) is 0 Å². The number of ether oxygens (including phenoxy) is 1. The number of rotatable bonds is 2.